The molecule has 6 rings (SSSR count). The number of hydrogen-bond acceptors (Lipinski definition) is 6. The van der Waals surface area contributed by atoms with E-state index in [0.29, 0.717) is 31.1 Å². The number of hydrazine groups is 1. The zero-order chi connectivity index (χ0) is 29.6. The third kappa shape index (κ3) is 6.37. The van der Waals surface area contributed by atoms with Gasteiger partial charge in [0.15, 0.2) is 11.6 Å². The van der Waals surface area contributed by atoms with Gasteiger partial charge in [-0.15, -0.1) is 0 Å². The Balaban J connectivity index is 1.34. The van der Waals surface area contributed by atoms with E-state index < -0.39 is 11.6 Å². The number of aliphatic hydroxyl groups excluding tert-OH is 1. The molecule has 1 heterocycles. The van der Waals surface area contributed by atoms with E-state index in [0.717, 1.165) is 34.0 Å². The number of fused-ring (bicyclic) bond motifs is 1. The molecule has 0 spiro atoms. The summed E-state index contributed by atoms with van der Waals surface area (Å²) in [5, 5.41) is 9.06. The Morgan fingerprint density at radius 2 is 1.60 bits per heavy atom. The largest absolute Gasteiger partial charge is 0.494 e. The van der Waals surface area contributed by atoms with Crippen LogP contribution in [0.15, 0.2) is 113 Å². The fourth-order valence-corrected chi connectivity index (χ4v) is 6.28. The van der Waals surface area contributed by atoms with Gasteiger partial charge in [-0.1, -0.05) is 88.7 Å². The number of nitrogens with zero attached hydrogens (tertiary/aromatic N) is 1. The molecule has 0 aromatic heterocycles. The van der Waals surface area contributed by atoms with Gasteiger partial charge in [0.1, 0.15) is 5.75 Å². The number of ether oxygens (including phenoxy) is 2. The third-order valence-electron chi connectivity index (χ3n) is 7.97. The van der Waals surface area contributed by atoms with Crippen LogP contribution in [0.25, 0.3) is 0 Å². The highest BCUT2D eigenvalue weighted by molar-refractivity contribution is 9.10. The number of rotatable bonds is 11. The van der Waals surface area contributed by atoms with E-state index in [2.05, 4.69) is 51.0 Å². The molecule has 0 radical (unpaired) electrons. The number of aliphatic hydroxyl groups is 1. The van der Waals surface area contributed by atoms with Gasteiger partial charge in [-0.3, -0.25) is 10.2 Å². The second-order valence-electron chi connectivity index (χ2n) is 10.9. The SMILES string of the molecule is O=C(NNC1Cc2ccccc2C1)[C@@]1(Cc2ccccc2)N=C(c2ccc(OCCCO)cc2)O[C@H]1c1ccccc1Br. The van der Waals surface area contributed by atoms with E-state index in [1.165, 1.54) is 11.1 Å². The van der Waals surface area contributed by atoms with Crippen molar-refractivity contribution in [2.45, 2.75) is 43.4 Å². The lowest BCUT2D eigenvalue weighted by Gasteiger charge is -2.31. The summed E-state index contributed by atoms with van der Waals surface area (Å²) < 4.78 is 13.2. The van der Waals surface area contributed by atoms with Crippen LogP contribution in [0.4, 0.5) is 0 Å². The number of hydrogen-bond donors (Lipinski definition) is 3. The Bertz CT molecular complexity index is 1570. The van der Waals surface area contributed by atoms with Gasteiger partial charge in [-0.05, 0) is 59.9 Å². The average Bonchev–Trinajstić information content (AvgIpc) is 3.63. The van der Waals surface area contributed by atoms with Crippen LogP contribution in [0.2, 0.25) is 0 Å². The van der Waals surface area contributed by atoms with Crippen LogP contribution in [0.1, 0.15) is 40.3 Å². The molecule has 0 bridgehead atoms. The molecule has 0 saturated heterocycles. The van der Waals surface area contributed by atoms with Gasteiger partial charge in [-0.25, -0.2) is 10.4 Å². The van der Waals surface area contributed by atoms with E-state index in [9.17, 15) is 4.79 Å². The standard InChI is InChI=1S/C35H34BrN3O4/c36-31-14-7-6-13-30(31)32-35(23-24-9-2-1-3-10-24,34(41)39-38-28-21-26-11-4-5-12-27(26)22-28)37-33(43-32)25-15-17-29(18-16-25)42-20-8-19-40/h1-7,9-18,28,32,38,40H,8,19-23H2,(H,39,41)/t32-,35-/m0/s1. The first-order valence-electron chi connectivity index (χ1n) is 14.6. The summed E-state index contributed by atoms with van der Waals surface area (Å²) >= 11 is 3.71. The Kier molecular flexibility index (Phi) is 8.88. The minimum Gasteiger partial charge on any atom is -0.494 e. The van der Waals surface area contributed by atoms with E-state index >= 15 is 0 Å². The van der Waals surface area contributed by atoms with Crippen molar-refractivity contribution in [1.82, 2.24) is 10.9 Å². The Morgan fingerprint density at radius 1 is 0.930 bits per heavy atom. The number of halogens is 1. The Labute approximate surface area is 260 Å². The topological polar surface area (TPSA) is 92.2 Å². The van der Waals surface area contributed by atoms with Crippen LogP contribution in [0.3, 0.4) is 0 Å². The molecule has 1 aliphatic heterocycles. The summed E-state index contributed by atoms with van der Waals surface area (Å²) in [4.78, 5) is 19.6. The third-order valence-corrected chi connectivity index (χ3v) is 8.70. The number of carbonyl (C=O) groups is 1. The van der Waals surface area contributed by atoms with Gasteiger partial charge in [0.05, 0.1) is 6.61 Å². The molecule has 220 valence electrons. The van der Waals surface area contributed by atoms with Gasteiger partial charge < -0.3 is 14.6 Å². The van der Waals surface area contributed by atoms with Gasteiger partial charge in [0, 0.05) is 41.1 Å². The lowest BCUT2D eigenvalue weighted by atomic mass is 9.82. The predicted molar refractivity (Wildman–Crippen MR) is 170 cm³/mol. The first-order chi connectivity index (χ1) is 21.1. The van der Waals surface area contributed by atoms with Crippen LogP contribution < -0.4 is 15.6 Å². The summed E-state index contributed by atoms with van der Waals surface area (Å²) in [6.45, 7) is 0.504. The number of aliphatic imine (C=N–C) groups is 1. The van der Waals surface area contributed by atoms with Crippen LogP contribution in [0.5, 0.6) is 5.75 Å². The highest BCUT2D eigenvalue weighted by Gasteiger charge is 2.54. The monoisotopic (exact) mass is 639 g/mol. The first-order valence-corrected chi connectivity index (χ1v) is 15.4. The fraction of sp³-hybridized carbons (Fsp3) is 0.257. The molecule has 4 aromatic rings. The molecule has 4 aromatic carbocycles. The molecular formula is C35H34BrN3O4. The lowest BCUT2D eigenvalue weighted by Crippen LogP contribution is -2.56. The first kappa shape index (κ1) is 29.1. The van der Waals surface area contributed by atoms with Crippen LogP contribution in [0, 0.1) is 0 Å². The lowest BCUT2D eigenvalue weighted by molar-refractivity contribution is -0.130. The van der Waals surface area contributed by atoms with E-state index in [4.69, 9.17) is 19.6 Å². The highest BCUT2D eigenvalue weighted by Crippen LogP contribution is 2.44. The minimum atomic E-state index is -1.30. The number of amides is 1. The maximum atomic E-state index is 14.5. The predicted octanol–water partition coefficient (Wildman–Crippen LogP) is 5.50. The Morgan fingerprint density at radius 3 is 2.30 bits per heavy atom. The molecule has 2 atom stereocenters. The normalized spacial score (nSPS) is 19.4. The average molecular weight is 641 g/mol. The van der Waals surface area contributed by atoms with Gasteiger partial charge in [0.2, 0.25) is 5.90 Å². The molecule has 2 aliphatic rings. The van der Waals surface area contributed by atoms with Crippen LogP contribution in [-0.2, 0) is 28.8 Å². The summed E-state index contributed by atoms with van der Waals surface area (Å²) in [6, 6.07) is 33.7. The zero-order valence-corrected chi connectivity index (χ0v) is 25.3. The van der Waals surface area contributed by atoms with Gasteiger partial charge in [-0.2, -0.15) is 0 Å². The smallest absolute Gasteiger partial charge is 0.266 e. The second-order valence-corrected chi connectivity index (χ2v) is 11.8. The van der Waals surface area contributed by atoms with Crippen molar-refractivity contribution < 1.29 is 19.4 Å². The molecule has 8 heteroatoms. The molecule has 3 N–H and O–H groups in total. The van der Waals surface area contributed by atoms with Crippen molar-refractivity contribution >= 4 is 27.7 Å². The van der Waals surface area contributed by atoms with Crippen molar-refractivity contribution in [2.24, 2.45) is 4.99 Å². The Hall–Kier alpha value is -3.98. The maximum Gasteiger partial charge on any atom is 0.266 e. The van der Waals surface area contributed by atoms with Gasteiger partial charge >= 0.3 is 0 Å². The maximum absolute atomic E-state index is 14.5. The molecule has 1 amide bonds. The molecule has 1 aliphatic carbocycles. The summed E-state index contributed by atoms with van der Waals surface area (Å²) in [5.74, 6) is 0.822. The molecule has 0 unspecified atom stereocenters. The van der Waals surface area contributed by atoms with Crippen molar-refractivity contribution in [2.75, 3.05) is 13.2 Å². The molecule has 43 heavy (non-hydrogen) atoms. The number of nitrogens with one attached hydrogen (secondary N) is 2. The minimum absolute atomic E-state index is 0.0766. The molecule has 7 nitrogen and oxygen atoms in total. The molecule has 0 fully saturated rings. The summed E-state index contributed by atoms with van der Waals surface area (Å²) in [6.07, 6.45) is 1.88. The fourth-order valence-electron chi connectivity index (χ4n) is 5.79. The number of benzene rings is 4. The van der Waals surface area contributed by atoms with Crippen LogP contribution >= 0.6 is 15.9 Å². The summed E-state index contributed by atoms with van der Waals surface area (Å²) in [5.41, 5.74) is 10.2. The van der Waals surface area contributed by atoms with Crippen molar-refractivity contribution in [3.8, 4) is 5.75 Å². The molecular weight excluding hydrogens is 606 g/mol. The van der Waals surface area contributed by atoms with Crippen LogP contribution in [-0.4, -0.2) is 41.7 Å². The summed E-state index contributed by atoms with van der Waals surface area (Å²) in [7, 11) is 0. The van der Waals surface area contributed by atoms with Gasteiger partial charge in [0.25, 0.3) is 5.91 Å². The zero-order valence-electron chi connectivity index (χ0n) is 23.7. The van der Waals surface area contributed by atoms with Crippen molar-refractivity contribution in [3.05, 3.63) is 135 Å². The number of carbonyl (C=O) groups excluding carboxylic acids is 1. The van der Waals surface area contributed by atoms with E-state index in [1.807, 2.05) is 78.9 Å². The van der Waals surface area contributed by atoms with E-state index in [-0.39, 0.29) is 18.6 Å². The van der Waals surface area contributed by atoms with E-state index in [1.54, 1.807) is 0 Å². The van der Waals surface area contributed by atoms with Crippen molar-refractivity contribution in [3.63, 3.8) is 0 Å². The molecule has 0 saturated carbocycles. The van der Waals surface area contributed by atoms with Crippen molar-refractivity contribution in [1.29, 1.82) is 0 Å². The second kappa shape index (κ2) is 13.1. The quantitative estimate of drug-likeness (QED) is 0.149. The highest BCUT2D eigenvalue weighted by atomic mass is 79.9.